The number of amides is 1. The summed E-state index contributed by atoms with van der Waals surface area (Å²) in [5.41, 5.74) is -0.153. The van der Waals surface area contributed by atoms with Crippen molar-refractivity contribution >= 4 is 5.91 Å². The molecule has 0 radical (unpaired) electrons. The van der Waals surface area contributed by atoms with Crippen molar-refractivity contribution in [3.63, 3.8) is 0 Å². The molecule has 1 amide bonds. The molecule has 1 aromatic heterocycles. The molecule has 7 heteroatoms. The highest BCUT2D eigenvalue weighted by atomic mass is 16.5. The van der Waals surface area contributed by atoms with Crippen LogP contribution < -0.4 is 20.3 Å². The highest BCUT2D eigenvalue weighted by Crippen LogP contribution is 2.20. The Kier molecular flexibility index (Phi) is 7.00. The number of hydrogen-bond acceptors (Lipinski definition) is 5. The summed E-state index contributed by atoms with van der Waals surface area (Å²) in [5, 5.41) is 6.76. The number of hydrogen-bond donors (Lipinski definition) is 1. The standard InChI is InChI=1S/C18H23N3O4/c1-3-24-15-7-4-8-16(13-15)25-14(2)18(23)19-10-6-12-21-17(22)9-5-11-20-21/h4-5,7-9,11,13-14H,3,6,10,12H2,1-2H3,(H,19,23). The average Bonchev–Trinajstić information content (AvgIpc) is 2.60. The number of aromatic nitrogens is 2. The summed E-state index contributed by atoms with van der Waals surface area (Å²) in [7, 11) is 0. The Morgan fingerprint density at radius 3 is 2.84 bits per heavy atom. The van der Waals surface area contributed by atoms with E-state index in [0.29, 0.717) is 37.6 Å². The van der Waals surface area contributed by atoms with Crippen LogP contribution in [0, 0.1) is 0 Å². The highest BCUT2D eigenvalue weighted by molar-refractivity contribution is 5.80. The minimum absolute atomic E-state index is 0.153. The first-order chi connectivity index (χ1) is 12.1. The SMILES string of the molecule is CCOc1cccc(OC(C)C(=O)NCCCn2ncccc2=O)c1. The second-order valence-corrected chi connectivity index (χ2v) is 5.40. The van der Waals surface area contributed by atoms with Crippen LogP contribution in [0.5, 0.6) is 11.5 Å². The van der Waals surface area contributed by atoms with Gasteiger partial charge in [-0.2, -0.15) is 5.10 Å². The Morgan fingerprint density at radius 2 is 2.08 bits per heavy atom. The van der Waals surface area contributed by atoms with Gasteiger partial charge in [-0.05, 0) is 38.5 Å². The van der Waals surface area contributed by atoms with E-state index in [0.717, 1.165) is 0 Å². The van der Waals surface area contributed by atoms with Crippen LogP contribution in [0.2, 0.25) is 0 Å². The fraction of sp³-hybridized carbons (Fsp3) is 0.389. The predicted molar refractivity (Wildman–Crippen MR) is 93.8 cm³/mol. The van der Waals surface area contributed by atoms with Gasteiger partial charge < -0.3 is 14.8 Å². The molecule has 0 fully saturated rings. The van der Waals surface area contributed by atoms with Crippen LogP contribution >= 0.6 is 0 Å². The van der Waals surface area contributed by atoms with E-state index in [1.807, 2.05) is 19.1 Å². The summed E-state index contributed by atoms with van der Waals surface area (Å²) >= 11 is 0. The topological polar surface area (TPSA) is 82.4 Å². The predicted octanol–water partition coefficient (Wildman–Crippen LogP) is 1.62. The van der Waals surface area contributed by atoms with Crippen molar-refractivity contribution in [1.82, 2.24) is 15.1 Å². The minimum Gasteiger partial charge on any atom is -0.494 e. The van der Waals surface area contributed by atoms with E-state index in [-0.39, 0.29) is 11.5 Å². The molecule has 25 heavy (non-hydrogen) atoms. The maximum atomic E-state index is 12.1. The molecule has 0 saturated heterocycles. The first kappa shape index (κ1) is 18.5. The quantitative estimate of drug-likeness (QED) is 0.698. The summed E-state index contributed by atoms with van der Waals surface area (Å²) in [6.07, 6.45) is 1.54. The number of ether oxygens (including phenoxy) is 2. The Hall–Kier alpha value is -2.83. The van der Waals surface area contributed by atoms with E-state index in [2.05, 4.69) is 10.4 Å². The molecule has 0 bridgehead atoms. The second kappa shape index (κ2) is 9.46. The third-order valence-corrected chi connectivity index (χ3v) is 3.43. The van der Waals surface area contributed by atoms with Crippen LogP contribution in [0.1, 0.15) is 20.3 Å². The van der Waals surface area contributed by atoms with E-state index in [9.17, 15) is 9.59 Å². The smallest absolute Gasteiger partial charge is 0.266 e. The van der Waals surface area contributed by atoms with Crippen LogP contribution in [-0.4, -0.2) is 34.9 Å². The van der Waals surface area contributed by atoms with Crippen LogP contribution in [0.25, 0.3) is 0 Å². The van der Waals surface area contributed by atoms with Crippen molar-refractivity contribution in [3.8, 4) is 11.5 Å². The number of carbonyl (C=O) groups excluding carboxylic acids is 1. The molecule has 0 aliphatic carbocycles. The lowest BCUT2D eigenvalue weighted by molar-refractivity contribution is -0.127. The lowest BCUT2D eigenvalue weighted by atomic mass is 10.3. The highest BCUT2D eigenvalue weighted by Gasteiger charge is 2.14. The zero-order valence-corrected chi connectivity index (χ0v) is 14.5. The summed E-state index contributed by atoms with van der Waals surface area (Å²) in [6, 6.07) is 10.2. The Labute approximate surface area is 146 Å². The zero-order chi connectivity index (χ0) is 18.1. The van der Waals surface area contributed by atoms with Gasteiger partial charge in [-0.15, -0.1) is 0 Å². The lowest BCUT2D eigenvalue weighted by Gasteiger charge is -2.15. The summed E-state index contributed by atoms with van der Waals surface area (Å²) in [6.45, 7) is 5.05. The van der Waals surface area contributed by atoms with E-state index >= 15 is 0 Å². The molecule has 2 aromatic rings. The molecule has 2 rings (SSSR count). The van der Waals surface area contributed by atoms with Crippen LogP contribution in [0.4, 0.5) is 0 Å². The van der Waals surface area contributed by atoms with Gasteiger partial charge in [0.1, 0.15) is 11.5 Å². The van der Waals surface area contributed by atoms with E-state index in [1.54, 1.807) is 31.3 Å². The van der Waals surface area contributed by atoms with Crippen molar-refractivity contribution in [1.29, 1.82) is 0 Å². The Morgan fingerprint density at radius 1 is 1.28 bits per heavy atom. The monoisotopic (exact) mass is 345 g/mol. The maximum absolute atomic E-state index is 12.1. The van der Waals surface area contributed by atoms with Crippen LogP contribution in [0.3, 0.4) is 0 Å². The van der Waals surface area contributed by atoms with Gasteiger partial charge in [-0.1, -0.05) is 6.07 Å². The van der Waals surface area contributed by atoms with Crippen molar-refractivity contribution in [2.75, 3.05) is 13.2 Å². The normalized spacial score (nSPS) is 11.6. The Bertz CT molecular complexity index is 745. The third kappa shape index (κ3) is 5.95. The molecule has 0 aliphatic heterocycles. The van der Waals surface area contributed by atoms with Gasteiger partial charge in [-0.3, -0.25) is 9.59 Å². The summed E-state index contributed by atoms with van der Waals surface area (Å²) in [5.74, 6) is 1.07. The maximum Gasteiger partial charge on any atom is 0.266 e. The zero-order valence-electron chi connectivity index (χ0n) is 14.5. The van der Waals surface area contributed by atoms with Crippen molar-refractivity contribution < 1.29 is 14.3 Å². The van der Waals surface area contributed by atoms with Gasteiger partial charge in [-0.25, -0.2) is 4.68 Å². The van der Waals surface area contributed by atoms with E-state index in [4.69, 9.17) is 9.47 Å². The number of rotatable bonds is 9. The minimum atomic E-state index is -0.630. The molecule has 0 saturated carbocycles. The molecule has 1 atom stereocenters. The van der Waals surface area contributed by atoms with Crippen LogP contribution in [-0.2, 0) is 11.3 Å². The number of nitrogens with zero attached hydrogens (tertiary/aromatic N) is 2. The van der Waals surface area contributed by atoms with Crippen LogP contribution in [0.15, 0.2) is 47.4 Å². The van der Waals surface area contributed by atoms with Gasteiger partial charge >= 0.3 is 0 Å². The fourth-order valence-electron chi connectivity index (χ4n) is 2.20. The molecular weight excluding hydrogens is 322 g/mol. The molecule has 1 heterocycles. The summed E-state index contributed by atoms with van der Waals surface area (Å²) in [4.78, 5) is 23.6. The van der Waals surface area contributed by atoms with Gasteiger partial charge in [0.2, 0.25) is 0 Å². The number of carbonyl (C=O) groups is 1. The molecular formula is C18H23N3O4. The molecule has 134 valence electrons. The van der Waals surface area contributed by atoms with Gasteiger partial charge in [0.25, 0.3) is 11.5 Å². The summed E-state index contributed by atoms with van der Waals surface area (Å²) < 4.78 is 12.4. The fourth-order valence-corrected chi connectivity index (χ4v) is 2.20. The van der Waals surface area contributed by atoms with Crippen molar-refractivity contribution in [2.24, 2.45) is 0 Å². The molecule has 0 spiro atoms. The van der Waals surface area contributed by atoms with Crippen molar-refractivity contribution in [3.05, 3.63) is 52.9 Å². The molecule has 1 aromatic carbocycles. The second-order valence-electron chi connectivity index (χ2n) is 5.40. The first-order valence-electron chi connectivity index (χ1n) is 8.29. The largest absolute Gasteiger partial charge is 0.494 e. The molecule has 1 N–H and O–H groups in total. The first-order valence-corrected chi connectivity index (χ1v) is 8.29. The number of benzene rings is 1. The molecule has 1 unspecified atom stereocenters. The third-order valence-electron chi connectivity index (χ3n) is 3.43. The van der Waals surface area contributed by atoms with E-state index < -0.39 is 6.10 Å². The average molecular weight is 345 g/mol. The van der Waals surface area contributed by atoms with Crippen molar-refractivity contribution in [2.45, 2.75) is 32.9 Å². The number of nitrogens with one attached hydrogen (secondary N) is 1. The Balaban J connectivity index is 1.75. The molecule has 0 aliphatic rings. The van der Waals surface area contributed by atoms with E-state index in [1.165, 1.54) is 10.7 Å². The number of aryl methyl sites for hydroxylation is 1. The van der Waals surface area contributed by atoms with Gasteiger partial charge in [0, 0.05) is 31.4 Å². The lowest BCUT2D eigenvalue weighted by Crippen LogP contribution is -2.37. The van der Waals surface area contributed by atoms with Gasteiger partial charge in [0.15, 0.2) is 6.10 Å². The van der Waals surface area contributed by atoms with Gasteiger partial charge in [0.05, 0.1) is 6.61 Å². The molecule has 7 nitrogen and oxygen atoms in total.